The van der Waals surface area contributed by atoms with E-state index in [9.17, 15) is 0 Å². The van der Waals surface area contributed by atoms with Crippen molar-refractivity contribution in [1.29, 1.82) is 0 Å². The topological polar surface area (TPSA) is 39.7 Å². The van der Waals surface area contributed by atoms with E-state index in [0.29, 0.717) is 6.61 Å². The summed E-state index contributed by atoms with van der Waals surface area (Å²) in [6.07, 6.45) is 3.22. The number of nitrogens with one attached hydrogen (secondary N) is 1. The molecule has 0 aliphatic carbocycles. The summed E-state index contributed by atoms with van der Waals surface area (Å²) in [5.74, 6) is 2.55. The standard InChI is InChI=1S/C22H29NO3/c1-4-6-13-26-18-9-7-16(8-10-18)22-19-15-21(25-5-2)20(24-3)14-17(19)11-12-23-22/h7-10,14-15,22-23H,4-6,11-13H2,1-3H3. The molecule has 1 aliphatic heterocycles. The Hall–Kier alpha value is -2.20. The summed E-state index contributed by atoms with van der Waals surface area (Å²) in [4.78, 5) is 0. The fraction of sp³-hybridized carbons (Fsp3) is 0.455. The van der Waals surface area contributed by atoms with Crippen LogP contribution in [0, 0.1) is 0 Å². The molecule has 4 nitrogen and oxygen atoms in total. The van der Waals surface area contributed by atoms with E-state index in [0.717, 1.165) is 49.7 Å². The van der Waals surface area contributed by atoms with Crippen LogP contribution >= 0.6 is 0 Å². The van der Waals surface area contributed by atoms with Gasteiger partial charge in [-0.3, -0.25) is 0 Å². The molecule has 3 rings (SSSR count). The second-order valence-electron chi connectivity index (χ2n) is 6.54. The van der Waals surface area contributed by atoms with Crippen molar-refractivity contribution >= 4 is 0 Å². The fourth-order valence-electron chi connectivity index (χ4n) is 3.38. The summed E-state index contributed by atoms with van der Waals surface area (Å²) in [5.41, 5.74) is 3.82. The van der Waals surface area contributed by atoms with Gasteiger partial charge in [0.1, 0.15) is 5.75 Å². The van der Waals surface area contributed by atoms with Gasteiger partial charge in [0.25, 0.3) is 0 Å². The van der Waals surface area contributed by atoms with E-state index in [4.69, 9.17) is 14.2 Å². The molecule has 0 saturated heterocycles. The highest BCUT2D eigenvalue weighted by atomic mass is 16.5. The molecule has 0 saturated carbocycles. The first-order chi connectivity index (χ1) is 12.8. The van der Waals surface area contributed by atoms with E-state index < -0.39 is 0 Å². The Balaban J connectivity index is 1.85. The molecular weight excluding hydrogens is 326 g/mol. The lowest BCUT2D eigenvalue weighted by atomic mass is 9.89. The molecule has 0 bridgehead atoms. The first-order valence-electron chi connectivity index (χ1n) is 9.56. The molecule has 1 aliphatic rings. The average molecular weight is 355 g/mol. The Morgan fingerprint density at radius 3 is 2.54 bits per heavy atom. The normalized spacial score (nSPS) is 16.0. The highest BCUT2D eigenvalue weighted by molar-refractivity contribution is 5.51. The Kier molecular flexibility index (Phi) is 6.40. The molecule has 26 heavy (non-hydrogen) atoms. The largest absolute Gasteiger partial charge is 0.494 e. The van der Waals surface area contributed by atoms with Crippen LogP contribution < -0.4 is 19.5 Å². The van der Waals surface area contributed by atoms with Crippen LogP contribution in [-0.4, -0.2) is 26.9 Å². The number of fused-ring (bicyclic) bond motifs is 1. The van der Waals surface area contributed by atoms with Crippen molar-refractivity contribution in [3.63, 3.8) is 0 Å². The van der Waals surface area contributed by atoms with Gasteiger partial charge < -0.3 is 19.5 Å². The first-order valence-corrected chi connectivity index (χ1v) is 9.56. The molecule has 0 radical (unpaired) electrons. The number of benzene rings is 2. The van der Waals surface area contributed by atoms with Crippen molar-refractivity contribution < 1.29 is 14.2 Å². The lowest BCUT2D eigenvalue weighted by Crippen LogP contribution is -2.30. The molecule has 1 heterocycles. The van der Waals surface area contributed by atoms with Crippen LogP contribution in [0.4, 0.5) is 0 Å². The maximum Gasteiger partial charge on any atom is 0.161 e. The molecule has 4 heteroatoms. The molecule has 140 valence electrons. The summed E-state index contributed by atoms with van der Waals surface area (Å²) in [6, 6.07) is 12.8. The highest BCUT2D eigenvalue weighted by Crippen LogP contribution is 2.37. The minimum atomic E-state index is 0.161. The molecule has 2 aromatic rings. The molecular formula is C22H29NO3. The van der Waals surface area contributed by atoms with Crippen LogP contribution in [-0.2, 0) is 6.42 Å². The Labute approximate surface area is 156 Å². The van der Waals surface area contributed by atoms with Crippen molar-refractivity contribution in [2.75, 3.05) is 26.9 Å². The van der Waals surface area contributed by atoms with Crippen LogP contribution in [0.5, 0.6) is 17.2 Å². The third-order valence-electron chi connectivity index (χ3n) is 4.76. The minimum absolute atomic E-state index is 0.161. The van der Waals surface area contributed by atoms with Crippen LogP contribution in [0.3, 0.4) is 0 Å². The van der Waals surface area contributed by atoms with Gasteiger partial charge in [-0.05, 0) is 60.7 Å². The number of rotatable bonds is 8. The van der Waals surface area contributed by atoms with E-state index >= 15 is 0 Å². The van der Waals surface area contributed by atoms with Crippen LogP contribution in [0.25, 0.3) is 0 Å². The Bertz CT molecular complexity index is 712. The average Bonchev–Trinajstić information content (AvgIpc) is 2.68. The van der Waals surface area contributed by atoms with E-state index in [1.165, 1.54) is 16.7 Å². The molecule has 1 N–H and O–H groups in total. The second kappa shape index (κ2) is 8.95. The van der Waals surface area contributed by atoms with Crippen molar-refractivity contribution in [1.82, 2.24) is 5.32 Å². The van der Waals surface area contributed by atoms with E-state index in [2.05, 4.69) is 48.6 Å². The van der Waals surface area contributed by atoms with Gasteiger partial charge >= 0.3 is 0 Å². The first kappa shape index (κ1) is 18.6. The van der Waals surface area contributed by atoms with Crippen LogP contribution in [0.15, 0.2) is 36.4 Å². The van der Waals surface area contributed by atoms with Crippen molar-refractivity contribution in [3.05, 3.63) is 53.1 Å². The number of hydrogen-bond acceptors (Lipinski definition) is 4. The van der Waals surface area contributed by atoms with Crippen molar-refractivity contribution in [2.45, 2.75) is 39.2 Å². The number of methoxy groups -OCH3 is 1. The van der Waals surface area contributed by atoms with E-state index in [1.54, 1.807) is 7.11 Å². The third kappa shape index (κ3) is 4.13. The lowest BCUT2D eigenvalue weighted by Gasteiger charge is -2.28. The summed E-state index contributed by atoms with van der Waals surface area (Å²) in [5, 5.41) is 3.63. The van der Waals surface area contributed by atoms with Gasteiger partial charge in [0.15, 0.2) is 11.5 Å². The molecule has 0 amide bonds. The summed E-state index contributed by atoms with van der Waals surface area (Å²) in [6.45, 7) is 6.51. The van der Waals surface area contributed by atoms with Gasteiger partial charge in [0, 0.05) is 6.54 Å². The molecule has 0 fully saturated rings. The molecule has 0 aromatic heterocycles. The molecule has 0 spiro atoms. The van der Waals surface area contributed by atoms with Gasteiger partial charge in [0.2, 0.25) is 0 Å². The SMILES string of the molecule is CCCCOc1ccc(C2NCCc3cc(OC)c(OCC)cc32)cc1. The quantitative estimate of drug-likeness (QED) is 0.707. The summed E-state index contributed by atoms with van der Waals surface area (Å²) in [7, 11) is 1.69. The second-order valence-corrected chi connectivity index (χ2v) is 6.54. The lowest BCUT2D eigenvalue weighted by molar-refractivity contribution is 0.309. The fourth-order valence-corrected chi connectivity index (χ4v) is 3.38. The zero-order valence-corrected chi connectivity index (χ0v) is 16.0. The maximum atomic E-state index is 5.78. The van der Waals surface area contributed by atoms with Gasteiger partial charge in [-0.25, -0.2) is 0 Å². The van der Waals surface area contributed by atoms with Crippen LogP contribution in [0.2, 0.25) is 0 Å². The van der Waals surface area contributed by atoms with E-state index in [-0.39, 0.29) is 6.04 Å². The smallest absolute Gasteiger partial charge is 0.161 e. The molecule has 1 atom stereocenters. The molecule has 1 unspecified atom stereocenters. The Morgan fingerprint density at radius 2 is 1.85 bits per heavy atom. The predicted molar refractivity (Wildman–Crippen MR) is 105 cm³/mol. The van der Waals surface area contributed by atoms with Crippen molar-refractivity contribution in [2.24, 2.45) is 0 Å². The van der Waals surface area contributed by atoms with Crippen molar-refractivity contribution in [3.8, 4) is 17.2 Å². The zero-order valence-electron chi connectivity index (χ0n) is 16.0. The number of hydrogen-bond donors (Lipinski definition) is 1. The monoisotopic (exact) mass is 355 g/mol. The van der Waals surface area contributed by atoms with E-state index in [1.807, 2.05) is 6.92 Å². The van der Waals surface area contributed by atoms with Gasteiger partial charge in [0.05, 0.1) is 26.4 Å². The van der Waals surface area contributed by atoms with Gasteiger partial charge in [-0.1, -0.05) is 25.5 Å². The number of ether oxygens (including phenoxy) is 3. The van der Waals surface area contributed by atoms with Gasteiger partial charge in [-0.2, -0.15) is 0 Å². The van der Waals surface area contributed by atoms with Crippen LogP contribution in [0.1, 0.15) is 49.4 Å². The summed E-state index contributed by atoms with van der Waals surface area (Å²) < 4.78 is 17.1. The Morgan fingerprint density at radius 1 is 1.04 bits per heavy atom. The van der Waals surface area contributed by atoms with Gasteiger partial charge in [-0.15, -0.1) is 0 Å². The zero-order chi connectivity index (χ0) is 18.4. The third-order valence-corrected chi connectivity index (χ3v) is 4.76. The number of unbranched alkanes of at least 4 members (excludes halogenated alkanes) is 1. The highest BCUT2D eigenvalue weighted by Gasteiger charge is 2.24. The minimum Gasteiger partial charge on any atom is -0.494 e. The molecule has 2 aromatic carbocycles. The maximum absolute atomic E-state index is 5.78. The summed E-state index contributed by atoms with van der Waals surface area (Å²) >= 11 is 0. The predicted octanol–water partition coefficient (Wildman–Crippen LogP) is 4.51.